The summed E-state index contributed by atoms with van der Waals surface area (Å²) < 4.78 is 103. The van der Waals surface area contributed by atoms with Crippen LogP contribution >= 0.6 is 0 Å². The minimum atomic E-state index is -5.13. The van der Waals surface area contributed by atoms with E-state index in [-0.39, 0.29) is 18.4 Å². The van der Waals surface area contributed by atoms with Gasteiger partial charge in [-0.1, -0.05) is 57.4 Å². The topological polar surface area (TPSA) is 116 Å². The van der Waals surface area contributed by atoms with Crippen molar-refractivity contribution in [1.82, 2.24) is 15.2 Å². The maximum absolute atomic E-state index is 14.8. The van der Waals surface area contributed by atoms with Crippen LogP contribution in [0.25, 0.3) is 11.6 Å². The second-order valence-corrected chi connectivity index (χ2v) is 10.6. The molecule has 46 heavy (non-hydrogen) atoms. The number of ether oxygens (including phenoxy) is 2. The van der Waals surface area contributed by atoms with Crippen LogP contribution in [0.1, 0.15) is 82.2 Å². The van der Waals surface area contributed by atoms with Gasteiger partial charge in [-0.05, 0) is 51.7 Å². The molecular weight excluding hydrogens is 622 g/mol. The van der Waals surface area contributed by atoms with Crippen molar-refractivity contribution < 1.29 is 49.8 Å². The minimum Gasteiger partial charge on any atom is -0.444 e. The number of carbonyl (C=O) groups excluding carboxylic acids is 2. The zero-order valence-corrected chi connectivity index (χ0v) is 26.1. The van der Waals surface area contributed by atoms with Crippen LogP contribution in [0.2, 0.25) is 0 Å². The van der Waals surface area contributed by atoms with Gasteiger partial charge in [0.1, 0.15) is 11.3 Å². The van der Waals surface area contributed by atoms with Crippen LogP contribution in [0.5, 0.6) is 0 Å². The summed E-state index contributed by atoms with van der Waals surface area (Å²) in [7, 11) is 0. The number of rotatable bonds is 6. The molecule has 0 aliphatic carbocycles. The average Bonchev–Trinajstić information content (AvgIpc) is 3.44. The lowest BCUT2D eigenvalue weighted by atomic mass is 9.95. The van der Waals surface area contributed by atoms with Crippen LogP contribution in [0.15, 0.2) is 59.6 Å². The third-order valence-electron chi connectivity index (χ3n) is 6.11. The second kappa shape index (κ2) is 15.3. The molecular formula is C31H36F6N4O5. The molecule has 3 heterocycles. The van der Waals surface area contributed by atoms with Gasteiger partial charge in [0, 0.05) is 6.42 Å². The number of alkyl halides is 6. The summed E-state index contributed by atoms with van der Waals surface area (Å²) in [5.74, 6) is -2.91. The van der Waals surface area contributed by atoms with Gasteiger partial charge >= 0.3 is 18.4 Å². The summed E-state index contributed by atoms with van der Waals surface area (Å²) >= 11 is 0. The molecule has 1 N–H and O–H groups in total. The first-order chi connectivity index (χ1) is 21.4. The fraction of sp³-hybridized carbons (Fsp3) is 0.452. The minimum absolute atomic E-state index is 0.0913. The Hall–Kier alpha value is -4.27. The first-order valence-electron chi connectivity index (χ1n) is 14.2. The van der Waals surface area contributed by atoms with Gasteiger partial charge in [0.05, 0.1) is 17.9 Å². The maximum Gasteiger partial charge on any atom is 0.426 e. The van der Waals surface area contributed by atoms with Gasteiger partial charge in [0.2, 0.25) is 5.60 Å². The van der Waals surface area contributed by atoms with Gasteiger partial charge in [0.25, 0.3) is 11.8 Å². The smallest absolute Gasteiger partial charge is 0.426 e. The molecule has 4 bridgehead atoms. The van der Waals surface area contributed by atoms with Gasteiger partial charge in [-0.15, -0.1) is 10.2 Å². The number of nitrogens with zero attached hydrogens (tertiary/aromatic N) is 3. The standard InChI is InChI=1S/C29H30F6N4O5.C2H6/c1-6-12-17(7-2)16-42-27(29(33,34)35)14-11-9-8-10-13-20(40)21-18(28(30,31)32)15-19(36-25(41)44-26(3,4)5)22(37-21)23-38-39-24(27)43-23;1-2/h6-9,12,15H,1-2,10-11,13-14,16H2,3-5H3,(H,36,41);1-2H3/b9-8-,17-12+;. The van der Waals surface area contributed by atoms with E-state index in [2.05, 4.69) is 33.7 Å². The van der Waals surface area contributed by atoms with Crippen molar-refractivity contribution in [3.63, 3.8) is 0 Å². The van der Waals surface area contributed by atoms with E-state index in [1.54, 1.807) is 0 Å². The fourth-order valence-corrected chi connectivity index (χ4v) is 4.07. The number of amides is 1. The van der Waals surface area contributed by atoms with Crippen LogP contribution in [-0.4, -0.2) is 45.4 Å². The van der Waals surface area contributed by atoms with Crippen molar-refractivity contribution >= 4 is 17.6 Å². The number of allylic oxidation sites excluding steroid dienone is 4. The number of carbonyl (C=O) groups is 2. The summed E-state index contributed by atoms with van der Waals surface area (Å²) in [5.41, 5.74) is -7.94. The van der Waals surface area contributed by atoms with E-state index >= 15 is 0 Å². The molecule has 1 aliphatic heterocycles. The molecule has 0 saturated heterocycles. The van der Waals surface area contributed by atoms with Gasteiger partial charge in [0.15, 0.2) is 11.5 Å². The molecule has 0 fully saturated rings. The SMILES string of the molecule is C=C/C=C(\C=C)COC1(C(F)(F)F)CC/C=C\CCC(=O)c2nc(c(NC(=O)OC(C)(C)C)cc2C(F)(F)F)-c2nnc1o2.CC. The molecule has 9 nitrogen and oxygen atoms in total. The van der Waals surface area contributed by atoms with Crippen LogP contribution in [0, 0.1) is 0 Å². The van der Waals surface area contributed by atoms with Gasteiger partial charge in [-0.3, -0.25) is 10.1 Å². The van der Waals surface area contributed by atoms with Crippen LogP contribution in [0.3, 0.4) is 0 Å². The highest BCUT2D eigenvalue weighted by Crippen LogP contribution is 2.47. The Bertz CT molecular complexity index is 1470. The van der Waals surface area contributed by atoms with Crippen molar-refractivity contribution in [2.45, 2.75) is 83.9 Å². The van der Waals surface area contributed by atoms with E-state index in [1.807, 2.05) is 13.8 Å². The molecule has 252 valence electrons. The summed E-state index contributed by atoms with van der Waals surface area (Å²) in [5, 5.41) is 9.28. The zero-order chi connectivity index (χ0) is 34.9. The molecule has 0 spiro atoms. The fourth-order valence-electron chi connectivity index (χ4n) is 4.07. The normalized spacial score (nSPS) is 18.4. The van der Waals surface area contributed by atoms with Crippen molar-refractivity contribution in [1.29, 1.82) is 0 Å². The summed E-state index contributed by atoms with van der Waals surface area (Å²) in [6.45, 7) is 14.9. The third kappa shape index (κ3) is 9.37. The molecule has 15 heteroatoms. The van der Waals surface area contributed by atoms with E-state index in [9.17, 15) is 35.9 Å². The van der Waals surface area contributed by atoms with Crippen molar-refractivity contribution in [3.05, 3.63) is 72.3 Å². The molecule has 1 unspecified atom stereocenters. The first kappa shape index (κ1) is 37.9. The van der Waals surface area contributed by atoms with E-state index < -0.39 is 89.3 Å². The average molecular weight is 659 g/mol. The molecule has 2 aromatic rings. The Kier molecular flexibility index (Phi) is 12.6. The van der Waals surface area contributed by atoms with Crippen LogP contribution < -0.4 is 5.32 Å². The molecule has 0 aromatic carbocycles. The Labute approximate surface area is 262 Å². The third-order valence-corrected chi connectivity index (χ3v) is 6.11. The second-order valence-electron chi connectivity index (χ2n) is 10.6. The molecule has 0 saturated carbocycles. The Morgan fingerprint density at radius 3 is 2.28 bits per heavy atom. The number of pyridine rings is 1. The lowest BCUT2D eigenvalue weighted by molar-refractivity contribution is -0.292. The lowest BCUT2D eigenvalue weighted by Crippen LogP contribution is -2.45. The molecule has 1 aliphatic rings. The van der Waals surface area contributed by atoms with Crippen molar-refractivity contribution in [3.8, 4) is 11.6 Å². The summed E-state index contributed by atoms with van der Waals surface area (Å²) in [6, 6.07) is 0.412. The quantitative estimate of drug-likeness (QED) is 0.186. The van der Waals surface area contributed by atoms with E-state index in [0.29, 0.717) is 6.07 Å². The predicted molar refractivity (Wildman–Crippen MR) is 158 cm³/mol. The number of fused-ring (bicyclic) bond motifs is 5. The summed E-state index contributed by atoms with van der Waals surface area (Å²) in [6.07, 6.45) is -6.29. The molecule has 1 amide bonds. The molecule has 0 radical (unpaired) electrons. The van der Waals surface area contributed by atoms with Gasteiger partial charge < -0.3 is 13.9 Å². The number of halogens is 6. The zero-order valence-electron chi connectivity index (χ0n) is 26.1. The monoisotopic (exact) mass is 658 g/mol. The van der Waals surface area contributed by atoms with Gasteiger partial charge in [-0.25, -0.2) is 9.78 Å². The Morgan fingerprint density at radius 1 is 1.07 bits per heavy atom. The lowest BCUT2D eigenvalue weighted by Gasteiger charge is -2.32. The van der Waals surface area contributed by atoms with E-state index in [0.717, 1.165) is 0 Å². The van der Waals surface area contributed by atoms with E-state index in [4.69, 9.17) is 13.9 Å². The highest BCUT2D eigenvalue weighted by Gasteiger charge is 2.61. The van der Waals surface area contributed by atoms with E-state index in [1.165, 1.54) is 51.2 Å². The molecule has 2 aromatic heterocycles. The first-order valence-corrected chi connectivity index (χ1v) is 14.2. The largest absolute Gasteiger partial charge is 0.444 e. The Balaban J connectivity index is 0.00000361. The number of aromatic nitrogens is 3. The number of nitrogens with one attached hydrogen (secondary N) is 1. The Morgan fingerprint density at radius 2 is 1.72 bits per heavy atom. The molecule has 1 atom stereocenters. The number of hydrogen-bond acceptors (Lipinski definition) is 8. The van der Waals surface area contributed by atoms with Crippen LogP contribution in [0.4, 0.5) is 36.8 Å². The van der Waals surface area contributed by atoms with Crippen molar-refractivity contribution in [2.75, 3.05) is 11.9 Å². The van der Waals surface area contributed by atoms with Crippen LogP contribution in [-0.2, 0) is 21.3 Å². The predicted octanol–water partition coefficient (Wildman–Crippen LogP) is 8.91. The number of anilines is 1. The number of Topliss-reactive ketones (excluding diaryl/α,β-unsaturated/α-hetero) is 1. The van der Waals surface area contributed by atoms with Crippen molar-refractivity contribution in [2.24, 2.45) is 0 Å². The van der Waals surface area contributed by atoms with Gasteiger partial charge in [-0.2, -0.15) is 26.3 Å². The highest BCUT2D eigenvalue weighted by molar-refractivity contribution is 5.98. The maximum atomic E-state index is 14.8. The highest BCUT2D eigenvalue weighted by atomic mass is 19.4. The molecule has 3 rings (SSSR count). The summed E-state index contributed by atoms with van der Waals surface area (Å²) in [4.78, 5) is 29.3. The number of ketones is 1. The number of hydrogen-bond donors (Lipinski definition) is 1.